The first-order chi connectivity index (χ1) is 9.66. The lowest BCUT2D eigenvalue weighted by Gasteiger charge is -2.27. The second kappa shape index (κ2) is 5.29. The van der Waals surface area contributed by atoms with Crippen LogP contribution in [0.25, 0.3) is 10.9 Å². The van der Waals surface area contributed by atoms with E-state index >= 15 is 0 Å². The monoisotopic (exact) mass is 271 g/mol. The molecule has 3 rings (SSSR count). The first kappa shape index (κ1) is 13.2. The number of aromatic amines is 1. The van der Waals surface area contributed by atoms with Crippen LogP contribution in [-0.2, 0) is 11.2 Å². The van der Waals surface area contributed by atoms with E-state index in [-0.39, 0.29) is 5.91 Å². The van der Waals surface area contributed by atoms with Crippen molar-refractivity contribution < 1.29 is 4.79 Å². The fourth-order valence-electron chi connectivity index (χ4n) is 2.96. The number of H-pyrrole nitrogens is 1. The van der Waals surface area contributed by atoms with Crippen LogP contribution in [0.15, 0.2) is 18.2 Å². The van der Waals surface area contributed by atoms with Gasteiger partial charge in [0.2, 0.25) is 5.91 Å². The van der Waals surface area contributed by atoms with Crippen molar-refractivity contribution in [3.63, 3.8) is 0 Å². The van der Waals surface area contributed by atoms with Crippen molar-refractivity contribution >= 4 is 16.8 Å². The fraction of sp³-hybridized carbons (Fsp3) is 0.438. The number of rotatable bonds is 2. The Hall–Kier alpha value is -1.81. The summed E-state index contributed by atoms with van der Waals surface area (Å²) in [5.41, 5.74) is 4.64. The van der Waals surface area contributed by atoms with Crippen molar-refractivity contribution in [2.75, 3.05) is 26.2 Å². The van der Waals surface area contributed by atoms with Crippen molar-refractivity contribution in [3.8, 4) is 0 Å². The summed E-state index contributed by atoms with van der Waals surface area (Å²) in [4.78, 5) is 17.8. The van der Waals surface area contributed by atoms with E-state index < -0.39 is 0 Å². The summed E-state index contributed by atoms with van der Waals surface area (Å²) in [5, 5.41) is 4.46. The average molecular weight is 271 g/mol. The minimum Gasteiger partial charge on any atom is -0.358 e. The predicted molar refractivity (Wildman–Crippen MR) is 80.9 cm³/mol. The summed E-state index contributed by atoms with van der Waals surface area (Å²) in [5.74, 6) is 0.233. The van der Waals surface area contributed by atoms with Crippen LogP contribution < -0.4 is 5.32 Å². The summed E-state index contributed by atoms with van der Waals surface area (Å²) < 4.78 is 0. The van der Waals surface area contributed by atoms with Crippen LogP contribution in [0.3, 0.4) is 0 Å². The van der Waals surface area contributed by atoms with Crippen LogP contribution in [-0.4, -0.2) is 42.0 Å². The zero-order valence-electron chi connectivity index (χ0n) is 12.1. The number of hydrogen-bond acceptors (Lipinski definition) is 2. The number of hydrogen-bond donors (Lipinski definition) is 2. The van der Waals surface area contributed by atoms with Gasteiger partial charge in [-0.3, -0.25) is 4.79 Å². The van der Waals surface area contributed by atoms with Crippen LogP contribution in [0.2, 0.25) is 0 Å². The molecule has 2 heterocycles. The minimum atomic E-state index is 0.233. The molecule has 4 heteroatoms. The van der Waals surface area contributed by atoms with Gasteiger partial charge in [-0.2, -0.15) is 0 Å². The standard InChI is InChI=1S/C16H21N3O/c1-11-4-3-5-13-14(12(2)18-16(11)13)10-15(20)19-8-6-17-7-9-19/h3-5,17-18H,6-10H2,1-2H3. The molecule has 4 nitrogen and oxygen atoms in total. The largest absolute Gasteiger partial charge is 0.358 e. The maximum Gasteiger partial charge on any atom is 0.227 e. The van der Waals surface area contributed by atoms with Gasteiger partial charge in [0.1, 0.15) is 0 Å². The summed E-state index contributed by atoms with van der Waals surface area (Å²) >= 11 is 0. The van der Waals surface area contributed by atoms with Gasteiger partial charge in [0.25, 0.3) is 0 Å². The van der Waals surface area contributed by atoms with E-state index in [4.69, 9.17) is 0 Å². The molecule has 0 saturated carbocycles. The molecule has 1 aliphatic rings. The fourth-order valence-corrected chi connectivity index (χ4v) is 2.96. The second-order valence-electron chi connectivity index (χ2n) is 5.53. The molecule has 2 aromatic rings. The molecule has 0 bridgehead atoms. The van der Waals surface area contributed by atoms with Gasteiger partial charge in [0.15, 0.2) is 0 Å². The molecule has 0 atom stereocenters. The molecule has 0 radical (unpaired) electrons. The number of amides is 1. The van der Waals surface area contributed by atoms with Crippen molar-refractivity contribution in [1.29, 1.82) is 0 Å². The molecule has 1 aromatic carbocycles. The van der Waals surface area contributed by atoms with Gasteiger partial charge in [-0.05, 0) is 25.0 Å². The lowest BCUT2D eigenvalue weighted by molar-refractivity contribution is -0.131. The van der Waals surface area contributed by atoms with Crippen molar-refractivity contribution in [2.45, 2.75) is 20.3 Å². The third kappa shape index (κ3) is 2.31. The number of fused-ring (bicyclic) bond motifs is 1. The van der Waals surface area contributed by atoms with Crippen LogP contribution in [0.1, 0.15) is 16.8 Å². The molecule has 1 aliphatic heterocycles. The SMILES string of the molecule is Cc1[nH]c2c(C)cccc2c1CC(=O)N1CCNCC1. The molecule has 1 aromatic heterocycles. The highest BCUT2D eigenvalue weighted by molar-refractivity contribution is 5.91. The summed E-state index contributed by atoms with van der Waals surface area (Å²) in [6.45, 7) is 7.59. The maximum atomic E-state index is 12.4. The Kier molecular flexibility index (Phi) is 3.49. The van der Waals surface area contributed by atoms with E-state index in [1.54, 1.807) is 0 Å². The summed E-state index contributed by atoms with van der Waals surface area (Å²) in [7, 11) is 0. The van der Waals surface area contributed by atoms with Crippen LogP contribution in [0, 0.1) is 13.8 Å². The number of benzene rings is 1. The van der Waals surface area contributed by atoms with E-state index in [0.29, 0.717) is 6.42 Å². The number of piperazine rings is 1. The minimum absolute atomic E-state index is 0.233. The van der Waals surface area contributed by atoms with Crippen molar-refractivity contribution in [3.05, 3.63) is 35.0 Å². The number of aromatic nitrogens is 1. The number of nitrogens with one attached hydrogen (secondary N) is 2. The first-order valence-electron chi connectivity index (χ1n) is 7.22. The maximum absolute atomic E-state index is 12.4. The highest BCUT2D eigenvalue weighted by atomic mass is 16.2. The molecule has 0 aliphatic carbocycles. The molecule has 0 spiro atoms. The van der Waals surface area contributed by atoms with Gasteiger partial charge in [0, 0.05) is 42.8 Å². The van der Waals surface area contributed by atoms with Gasteiger partial charge >= 0.3 is 0 Å². The first-order valence-corrected chi connectivity index (χ1v) is 7.22. The van der Waals surface area contributed by atoms with Crippen LogP contribution >= 0.6 is 0 Å². The highest BCUT2D eigenvalue weighted by Crippen LogP contribution is 2.25. The Labute approximate surface area is 119 Å². The molecule has 106 valence electrons. The van der Waals surface area contributed by atoms with Crippen molar-refractivity contribution in [2.24, 2.45) is 0 Å². The Balaban J connectivity index is 1.88. The zero-order chi connectivity index (χ0) is 14.1. The zero-order valence-corrected chi connectivity index (χ0v) is 12.1. The van der Waals surface area contributed by atoms with E-state index in [1.807, 2.05) is 4.90 Å². The molecule has 2 N–H and O–H groups in total. The molecule has 1 saturated heterocycles. The van der Waals surface area contributed by atoms with Crippen LogP contribution in [0.5, 0.6) is 0 Å². The predicted octanol–water partition coefficient (Wildman–Crippen LogP) is 1.76. The van der Waals surface area contributed by atoms with Gasteiger partial charge in [-0.1, -0.05) is 18.2 Å². The third-order valence-electron chi connectivity index (χ3n) is 4.16. The third-order valence-corrected chi connectivity index (χ3v) is 4.16. The molecule has 1 fully saturated rings. The van der Waals surface area contributed by atoms with Gasteiger partial charge in [-0.15, -0.1) is 0 Å². The summed E-state index contributed by atoms with van der Waals surface area (Å²) in [6.07, 6.45) is 0.495. The smallest absolute Gasteiger partial charge is 0.227 e. The highest BCUT2D eigenvalue weighted by Gasteiger charge is 2.19. The average Bonchev–Trinajstić information content (AvgIpc) is 2.78. The Morgan fingerprint density at radius 2 is 2.00 bits per heavy atom. The lowest BCUT2D eigenvalue weighted by Crippen LogP contribution is -2.46. The van der Waals surface area contributed by atoms with E-state index in [0.717, 1.165) is 43.0 Å². The number of carbonyl (C=O) groups excluding carboxylic acids is 1. The molecular formula is C16H21N3O. The Bertz CT molecular complexity index is 638. The number of carbonyl (C=O) groups is 1. The molecule has 0 unspecified atom stereocenters. The number of aryl methyl sites for hydroxylation is 2. The van der Waals surface area contributed by atoms with Crippen molar-refractivity contribution in [1.82, 2.24) is 15.2 Å². The van der Waals surface area contributed by atoms with E-state index in [9.17, 15) is 4.79 Å². The number of para-hydroxylation sites is 1. The molecule has 1 amide bonds. The van der Waals surface area contributed by atoms with Gasteiger partial charge in [0.05, 0.1) is 6.42 Å². The topological polar surface area (TPSA) is 48.1 Å². The van der Waals surface area contributed by atoms with Gasteiger partial charge in [-0.25, -0.2) is 0 Å². The Morgan fingerprint density at radius 1 is 1.25 bits per heavy atom. The van der Waals surface area contributed by atoms with Crippen LogP contribution in [0.4, 0.5) is 0 Å². The van der Waals surface area contributed by atoms with Gasteiger partial charge < -0.3 is 15.2 Å². The number of nitrogens with zero attached hydrogens (tertiary/aromatic N) is 1. The van der Waals surface area contributed by atoms with E-state index in [2.05, 4.69) is 42.3 Å². The Morgan fingerprint density at radius 3 is 2.75 bits per heavy atom. The lowest BCUT2D eigenvalue weighted by atomic mass is 10.0. The normalized spacial score (nSPS) is 15.8. The quantitative estimate of drug-likeness (QED) is 0.874. The summed E-state index contributed by atoms with van der Waals surface area (Å²) in [6, 6.07) is 6.26. The molecular weight excluding hydrogens is 250 g/mol. The second-order valence-corrected chi connectivity index (χ2v) is 5.53. The van der Waals surface area contributed by atoms with E-state index in [1.165, 1.54) is 10.9 Å². The molecule has 20 heavy (non-hydrogen) atoms.